The molecule has 3 rings (SSSR count). The van der Waals surface area contributed by atoms with Crippen molar-refractivity contribution in [2.75, 3.05) is 10.6 Å². The SMILES string of the molecule is Cc1nc2ccc(NC(=O)Nc3cccc(C(F)(F)F)c3)cc2s1. The van der Waals surface area contributed by atoms with Crippen LogP contribution in [0.1, 0.15) is 10.6 Å². The highest BCUT2D eigenvalue weighted by Gasteiger charge is 2.30. The summed E-state index contributed by atoms with van der Waals surface area (Å²) >= 11 is 1.49. The van der Waals surface area contributed by atoms with Crippen LogP contribution in [0.3, 0.4) is 0 Å². The van der Waals surface area contributed by atoms with E-state index in [9.17, 15) is 18.0 Å². The summed E-state index contributed by atoms with van der Waals surface area (Å²) in [5.41, 5.74) is 0.621. The van der Waals surface area contributed by atoms with Crippen LogP contribution in [0.5, 0.6) is 0 Å². The first-order valence-electron chi connectivity index (χ1n) is 6.94. The number of carbonyl (C=O) groups excluding carboxylic acids is 1. The predicted octanol–water partition coefficient (Wildman–Crippen LogP) is 5.27. The summed E-state index contributed by atoms with van der Waals surface area (Å²) in [6.45, 7) is 1.89. The van der Waals surface area contributed by atoms with E-state index in [1.54, 1.807) is 18.2 Å². The molecule has 0 aliphatic rings. The first-order valence-corrected chi connectivity index (χ1v) is 7.75. The van der Waals surface area contributed by atoms with E-state index < -0.39 is 17.8 Å². The largest absolute Gasteiger partial charge is 0.416 e. The van der Waals surface area contributed by atoms with Crippen molar-refractivity contribution >= 4 is 39.0 Å². The van der Waals surface area contributed by atoms with Crippen molar-refractivity contribution in [3.05, 3.63) is 53.0 Å². The van der Waals surface area contributed by atoms with Crippen LogP contribution in [0, 0.1) is 6.92 Å². The Morgan fingerprint density at radius 3 is 2.50 bits per heavy atom. The molecule has 0 saturated carbocycles. The van der Waals surface area contributed by atoms with Gasteiger partial charge in [-0.3, -0.25) is 0 Å². The number of aromatic nitrogens is 1. The van der Waals surface area contributed by atoms with Crippen molar-refractivity contribution in [2.24, 2.45) is 0 Å². The first kappa shape index (κ1) is 16.3. The number of halogens is 3. The molecule has 2 aromatic carbocycles. The van der Waals surface area contributed by atoms with Gasteiger partial charge in [0.2, 0.25) is 0 Å². The Kier molecular flexibility index (Phi) is 4.15. The Morgan fingerprint density at radius 1 is 1.08 bits per heavy atom. The van der Waals surface area contributed by atoms with Gasteiger partial charge in [0.25, 0.3) is 0 Å². The smallest absolute Gasteiger partial charge is 0.308 e. The highest BCUT2D eigenvalue weighted by molar-refractivity contribution is 7.18. The standard InChI is InChI=1S/C16H12F3N3OS/c1-9-20-13-6-5-12(8-14(13)24-9)22-15(23)21-11-4-2-3-10(7-11)16(17,18)19/h2-8H,1H3,(H2,21,22,23). The summed E-state index contributed by atoms with van der Waals surface area (Å²) in [4.78, 5) is 16.3. The summed E-state index contributed by atoms with van der Waals surface area (Å²) in [7, 11) is 0. The molecule has 1 heterocycles. The molecule has 0 unspecified atom stereocenters. The fraction of sp³-hybridized carbons (Fsp3) is 0.125. The molecule has 0 saturated heterocycles. The fourth-order valence-corrected chi connectivity index (χ4v) is 3.05. The molecule has 0 fully saturated rings. The van der Waals surface area contributed by atoms with Gasteiger partial charge in [0, 0.05) is 11.4 Å². The van der Waals surface area contributed by atoms with Crippen molar-refractivity contribution in [3.63, 3.8) is 0 Å². The minimum Gasteiger partial charge on any atom is -0.308 e. The molecule has 124 valence electrons. The van der Waals surface area contributed by atoms with Crippen LogP contribution in [-0.4, -0.2) is 11.0 Å². The number of carbonyl (C=O) groups is 1. The lowest BCUT2D eigenvalue weighted by atomic mass is 10.2. The van der Waals surface area contributed by atoms with Crippen molar-refractivity contribution in [1.29, 1.82) is 0 Å². The zero-order valence-electron chi connectivity index (χ0n) is 12.4. The summed E-state index contributed by atoms with van der Waals surface area (Å²) in [5.74, 6) is 0. The second kappa shape index (κ2) is 6.12. The van der Waals surface area contributed by atoms with Gasteiger partial charge in [-0.15, -0.1) is 11.3 Å². The van der Waals surface area contributed by atoms with E-state index in [-0.39, 0.29) is 5.69 Å². The fourth-order valence-electron chi connectivity index (χ4n) is 2.18. The molecule has 4 nitrogen and oxygen atoms in total. The molecule has 2 N–H and O–H groups in total. The normalized spacial score (nSPS) is 11.5. The summed E-state index contributed by atoms with van der Waals surface area (Å²) < 4.78 is 38.9. The third kappa shape index (κ3) is 3.65. The van der Waals surface area contributed by atoms with E-state index in [0.717, 1.165) is 27.4 Å². The number of urea groups is 1. The van der Waals surface area contributed by atoms with Crippen molar-refractivity contribution in [3.8, 4) is 0 Å². The number of alkyl halides is 3. The van der Waals surface area contributed by atoms with Gasteiger partial charge < -0.3 is 10.6 Å². The maximum absolute atomic E-state index is 12.7. The van der Waals surface area contributed by atoms with Crippen LogP contribution in [0.15, 0.2) is 42.5 Å². The highest BCUT2D eigenvalue weighted by atomic mass is 32.1. The molecule has 2 amide bonds. The van der Waals surface area contributed by atoms with Crippen LogP contribution in [0.2, 0.25) is 0 Å². The molecule has 0 aliphatic carbocycles. The number of hydrogen-bond acceptors (Lipinski definition) is 3. The number of nitrogens with one attached hydrogen (secondary N) is 2. The Hall–Kier alpha value is -2.61. The number of amides is 2. The minimum atomic E-state index is -4.46. The maximum Gasteiger partial charge on any atom is 0.416 e. The summed E-state index contributed by atoms with van der Waals surface area (Å²) in [6.07, 6.45) is -4.46. The van der Waals surface area contributed by atoms with E-state index in [0.29, 0.717) is 5.69 Å². The second-order valence-electron chi connectivity index (χ2n) is 5.07. The molecule has 3 aromatic rings. The Labute approximate surface area is 139 Å². The minimum absolute atomic E-state index is 0.0667. The molecule has 1 aromatic heterocycles. The molecule has 0 bridgehead atoms. The van der Waals surface area contributed by atoms with Gasteiger partial charge in [0.1, 0.15) is 0 Å². The topological polar surface area (TPSA) is 54.0 Å². The van der Waals surface area contributed by atoms with Crippen LogP contribution in [-0.2, 0) is 6.18 Å². The lowest BCUT2D eigenvalue weighted by Crippen LogP contribution is -2.19. The molecule has 24 heavy (non-hydrogen) atoms. The van der Waals surface area contributed by atoms with E-state index >= 15 is 0 Å². The number of hydrogen-bond donors (Lipinski definition) is 2. The van der Waals surface area contributed by atoms with E-state index in [2.05, 4.69) is 15.6 Å². The highest BCUT2D eigenvalue weighted by Crippen LogP contribution is 2.30. The predicted molar refractivity (Wildman–Crippen MR) is 88.4 cm³/mol. The summed E-state index contributed by atoms with van der Waals surface area (Å²) in [6, 6.07) is 9.08. The number of rotatable bonds is 2. The average Bonchev–Trinajstić information content (AvgIpc) is 2.86. The Morgan fingerprint density at radius 2 is 1.79 bits per heavy atom. The summed E-state index contributed by atoms with van der Waals surface area (Å²) in [5, 5.41) is 5.90. The number of fused-ring (bicyclic) bond motifs is 1. The lowest BCUT2D eigenvalue weighted by Gasteiger charge is -2.10. The molecule has 0 radical (unpaired) electrons. The number of aryl methyl sites for hydroxylation is 1. The van der Waals surface area contributed by atoms with E-state index in [1.807, 2.05) is 6.92 Å². The van der Waals surface area contributed by atoms with Crippen molar-refractivity contribution in [2.45, 2.75) is 13.1 Å². The Balaban J connectivity index is 1.72. The maximum atomic E-state index is 12.7. The van der Waals surface area contributed by atoms with Crippen LogP contribution < -0.4 is 10.6 Å². The molecular weight excluding hydrogens is 339 g/mol. The van der Waals surface area contributed by atoms with Gasteiger partial charge in [-0.1, -0.05) is 6.07 Å². The second-order valence-corrected chi connectivity index (χ2v) is 6.31. The zero-order valence-corrected chi connectivity index (χ0v) is 13.3. The number of benzene rings is 2. The Bertz CT molecular complexity index is 905. The molecule has 8 heteroatoms. The average molecular weight is 351 g/mol. The van der Waals surface area contributed by atoms with Gasteiger partial charge in [0.15, 0.2) is 0 Å². The van der Waals surface area contributed by atoms with Gasteiger partial charge in [0.05, 0.1) is 20.8 Å². The van der Waals surface area contributed by atoms with E-state index in [4.69, 9.17) is 0 Å². The third-order valence-electron chi connectivity index (χ3n) is 3.20. The van der Waals surface area contributed by atoms with Gasteiger partial charge >= 0.3 is 12.2 Å². The first-order chi connectivity index (χ1) is 11.3. The number of anilines is 2. The lowest BCUT2D eigenvalue weighted by molar-refractivity contribution is -0.137. The van der Waals surface area contributed by atoms with Gasteiger partial charge in [-0.25, -0.2) is 9.78 Å². The van der Waals surface area contributed by atoms with Crippen molar-refractivity contribution in [1.82, 2.24) is 4.98 Å². The number of thiazole rings is 1. The van der Waals surface area contributed by atoms with Crippen LogP contribution >= 0.6 is 11.3 Å². The molecule has 0 atom stereocenters. The van der Waals surface area contributed by atoms with Crippen LogP contribution in [0.4, 0.5) is 29.3 Å². The van der Waals surface area contributed by atoms with Crippen LogP contribution in [0.25, 0.3) is 10.2 Å². The van der Waals surface area contributed by atoms with E-state index in [1.165, 1.54) is 23.5 Å². The molecule has 0 spiro atoms. The van der Waals surface area contributed by atoms with Gasteiger partial charge in [-0.2, -0.15) is 13.2 Å². The third-order valence-corrected chi connectivity index (χ3v) is 4.13. The zero-order chi connectivity index (χ0) is 17.3. The van der Waals surface area contributed by atoms with Gasteiger partial charge in [-0.05, 0) is 43.3 Å². The number of nitrogens with zero attached hydrogens (tertiary/aromatic N) is 1. The molecule has 0 aliphatic heterocycles. The molecular formula is C16H12F3N3OS. The quantitative estimate of drug-likeness (QED) is 0.661. The van der Waals surface area contributed by atoms with Crippen molar-refractivity contribution < 1.29 is 18.0 Å². The monoisotopic (exact) mass is 351 g/mol.